The quantitative estimate of drug-likeness (QED) is 0.332. The highest BCUT2D eigenvalue weighted by Crippen LogP contribution is 2.30. The minimum absolute atomic E-state index is 0.0153. The summed E-state index contributed by atoms with van der Waals surface area (Å²) >= 11 is 0. The highest BCUT2D eigenvalue weighted by molar-refractivity contribution is 5.95. The summed E-state index contributed by atoms with van der Waals surface area (Å²) in [5.74, 6) is -0.102. The van der Waals surface area contributed by atoms with Gasteiger partial charge in [0.05, 0.1) is 4.92 Å². The smallest absolute Gasteiger partial charge is 0.332 e. The number of nitrogens with zero attached hydrogens (tertiary/aromatic N) is 3. The first-order valence-electron chi connectivity index (χ1n) is 9.03. The van der Waals surface area contributed by atoms with Gasteiger partial charge in [-0.3, -0.25) is 19.7 Å². The van der Waals surface area contributed by atoms with Gasteiger partial charge in [0, 0.05) is 22.5 Å². The molecular weight excluding hydrogens is 386 g/mol. The molecule has 0 radical (unpaired) electrons. The van der Waals surface area contributed by atoms with E-state index in [0.717, 1.165) is 0 Å². The second kappa shape index (κ2) is 8.48. The Labute approximate surface area is 172 Å². The van der Waals surface area contributed by atoms with Gasteiger partial charge in [0.2, 0.25) is 11.8 Å². The molecule has 0 saturated carbocycles. The van der Waals surface area contributed by atoms with E-state index in [2.05, 4.69) is 20.6 Å². The second-order valence-corrected chi connectivity index (χ2v) is 6.61. The second-order valence-electron chi connectivity index (χ2n) is 6.61. The van der Waals surface area contributed by atoms with Crippen LogP contribution in [0, 0.1) is 17.0 Å². The number of carbonyl (C=O) groups is 2. The topological polar surface area (TPSA) is 127 Å². The van der Waals surface area contributed by atoms with Crippen LogP contribution in [0.5, 0.6) is 0 Å². The Morgan fingerprint density at radius 2 is 1.43 bits per heavy atom. The number of hydrogen-bond donors (Lipinski definition) is 2. The monoisotopic (exact) mass is 405 g/mol. The van der Waals surface area contributed by atoms with Crippen LogP contribution < -0.4 is 10.6 Å². The molecular formula is C21H19N5O4. The first kappa shape index (κ1) is 20.6. The average molecular weight is 405 g/mol. The molecule has 0 bridgehead atoms. The lowest BCUT2D eigenvalue weighted by Gasteiger charge is -2.12. The minimum atomic E-state index is -0.563. The molecule has 2 aromatic carbocycles. The van der Waals surface area contributed by atoms with Gasteiger partial charge in [-0.25, -0.2) is 4.98 Å². The van der Waals surface area contributed by atoms with Crippen molar-refractivity contribution in [3.05, 3.63) is 75.5 Å². The third-order valence-electron chi connectivity index (χ3n) is 4.30. The van der Waals surface area contributed by atoms with Gasteiger partial charge < -0.3 is 10.6 Å². The van der Waals surface area contributed by atoms with E-state index in [4.69, 9.17) is 0 Å². The van der Waals surface area contributed by atoms with Crippen molar-refractivity contribution in [3.63, 3.8) is 0 Å². The van der Waals surface area contributed by atoms with Crippen molar-refractivity contribution in [2.24, 2.45) is 0 Å². The molecule has 0 saturated heterocycles. The van der Waals surface area contributed by atoms with Crippen LogP contribution in [-0.2, 0) is 0 Å². The van der Waals surface area contributed by atoms with Crippen LogP contribution in [0.4, 0.5) is 28.8 Å². The van der Waals surface area contributed by atoms with Crippen molar-refractivity contribution in [2.45, 2.75) is 20.8 Å². The maximum atomic E-state index is 11.6. The lowest BCUT2D eigenvalue weighted by Crippen LogP contribution is -2.08. The molecule has 0 aliphatic carbocycles. The van der Waals surface area contributed by atoms with Crippen LogP contribution >= 0.6 is 0 Å². The average Bonchev–Trinajstić information content (AvgIpc) is 2.67. The molecule has 9 nitrogen and oxygen atoms in total. The van der Waals surface area contributed by atoms with Gasteiger partial charge in [-0.1, -0.05) is 24.3 Å². The lowest BCUT2D eigenvalue weighted by atomic mass is 10.1. The van der Waals surface area contributed by atoms with Crippen LogP contribution in [0.15, 0.2) is 48.5 Å². The van der Waals surface area contributed by atoms with Crippen molar-refractivity contribution < 1.29 is 14.5 Å². The van der Waals surface area contributed by atoms with Crippen molar-refractivity contribution >= 4 is 40.4 Å². The minimum Gasteiger partial charge on any atom is -0.334 e. The third kappa shape index (κ3) is 4.64. The summed E-state index contributed by atoms with van der Waals surface area (Å²) in [5, 5.41) is 17.4. The molecule has 0 fully saturated rings. The summed E-state index contributed by atoms with van der Waals surface area (Å²) in [6.45, 7) is 4.41. The summed E-state index contributed by atoms with van der Waals surface area (Å²) in [5.41, 5.74) is 1.91. The molecule has 0 atom stereocenters. The van der Waals surface area contributed by atoms with Gasteiger partial charge in [-0.05, 0) is 45.0 Å². The summed E-state index contributed by atoms with van der Waals surface area (Å²) in [6, 6.07) is 13.4. The lowest BCUT2D eigenvalue weighted by molar-refractivity contribution is -0.385. The first-order valence-corrected chi connectivity index (χ1v) is 9.03. The molecule has 0 aliphatic rings. The van der Waals surface area contributed by atoms with Crippen molar-refractivity contribution in [3.8, 4) is 0 Å². The van der Waals surface area contributed by atoms with E-state index in [1.807, 2.05) is 0 Å². The summed E-state index contributed by atoms with van der Waals surface area (Å²) in [6.07, 6.45) is 0. The maximum absolute atomic E-state index is 11.6. The van der Waals surface area contributed by atoms with E-state index in [1.165, 1.54) is 20.8 Å². The molecule has 0 amide bonds. The van der Waals surface area contributed by atoms with E-state index in [1.54, 1.807) is 48.5 Å². The predicted molar refractivity (Wildman–Crippen MR) is 113 cm³/mol. The zero-order valence-corrected chi connectivity index (χ0v) is 16.6. The molecule has 1 aromatic heterocycles. The molecule has 152 valence electrons. The largest absolute Gasteiger partial charge is 0.334 e. The Morgan fingerprint density at radius 1 is 0.900 bits per heavy atom. The number of rotatable bonds is 7. The number of carbonyl (C=O) groups excluding carboxylic acids is 2. The molecule has 30 heavy (non-hydrogen) atoms. The van der Waals surface area contributed by atoms with E-state index in [0.29, 0.717) is 22.5 Å². The molecule has 1 heterocycles. The predicted octanol–water partition coefficient (Wildman–Crippen LogP) is 4.59. The fourth-order valence-electron chi connectivity index (χ4n) is 2.83. The number of aromatic nitrogens is 2. The molecule has 3 aromatic rings. The summed E-state index contributed by atoms with van der Waals surface area (Å²) < 4.78 is 0. The normalized spacial score (nSPS) is 10.4. The zero-order valence-electron chi connectivity index (χ0n) is 16.6. The van der Waals surface area contributed by atoms with Gasteiger partial charge in [-0.2, -0.15) is 4.98 Å². The van der Waals surface area contributed by atoms with Crippen molar-refractivity contribution in [2.75, 3.05) is 10.6 Å². The number of hydrogen-bond acceptors (Lipinski definition) is 8. The van der Waals surface area contributed by atoms with Gasteiger partial charge in [-0.15, -0.1) is 0 Å². The van der Waals surface area contributed by atoms with Crippen LogP contribution in [0.3, 0.4) is 0 Å². The van der Waals surface area contributed by atoms with Gasteiger partial charge in [0.15, 0.2) is 11.6 Å². The Balaban J connectivity index is 2.00. The number of benzene rings is 2. The number of nitrogens with one attached hydrogen (secondary N) is 2. The van der Waals surface area contributed by atoms with E-state index in [-0.39, 0.29) is 34.7 Å². The van der Waals surface area contributed by atoms with Crippen molar-refractivity contribution in [1.82, 2.24) is 9.97 Å². The number of ketones is 2. The van der Waals surface area contributed by atoms with Gasteiger partial charge in [0.1, 0.15) is 5.69 Å². The van der Waals surface area contributed by atoms with Crippen LogP contribution in [0.2, 0.25) is 0 Å². The summed E-state index contributed by atoms with van der Waals surface area (Å²) in [4.78, 5) is 42.6. The Bertz CT molecular complexity index is 1160. The van der Waals surface area contributed by atoms with E-state index in [9.17, 15) is 19.7 Å². The SMILES string of the molecule is CC(=O)c1cccc(Nc2nc(C)c([N+](=O)[O-])c(Nc3cccc(C(C)=O)c3)n2)c1. The zero-order chi connectivity index (χ0) is 21.8. The maximum Gasteiger partial charge on any atom is 0.332 e. The highest BCUT2D eigenvalue weighted by Gasteiger charge is 2.22. The van der Waals surface area contributed by atoms with Crippen LogP contribution in [-0.4, -0.2) is 26.5 Å². The Hall–Kier alpha value is -4.14. The molecule has 9 heteroatoms. The third-order valence-corrected chi connectivity index (χ3v) is 4.30. The van der Waals surface area contributed by atoms with Crippen LogP contribution in [0.1, 0.15) is 40.3 Å². The molecule has 0 unspecified atom stereocenters. The Kier molecular flexibility index (Phi) is 5.82. The van der Waals surface area contributed by atoms with Crippen molar-refractivity contribution in [1.29, 1.82) is 0 Å². The highest BCUT2D eigenvalue weighted by atomic mass is 16.6. The van der Waals surface area contributed by atoms with Gasteiger partial charge >= 0.3 is 5.69 Å². The fourth-order valence-corrected chi connectivity index (χ4v) is 2.83. The summed E-state index contributed by atoms with van der Waals surface area (Å²) in [7, 11) is 0. The molecule has 2 N–H and O–H groups in total. The number of anilines is 4. The first-order chi connectivity index (χ1) is 14.2. The molecule has 0 spiro atoms. The fraction of sp³-hybridized carbons (Fsp3) is 0.143. The number of nitro groups is 1. The van der Waals surface area contributed by atoms with E-state index < -0.39 is 4.92 Å². The standard InChI is InChI=1S/C21H19N5O4/c1-12-19(26(29)30)20(23-17-8-4-6-15(10-17)13(2)27)25-21(22-12)24-18-9-5-7-16(11-18)14(3)28/h4-11H,1-3H3,(H2,22,23,24,25). The molecule has 3 rings (SSSR count). The molecule has 0 aliphatic heterocycles. The Morgan fingerprint density at radius 3 is 1.93 bits per heavy atom. The number of aryl methyl sites for hydroxylation is 1. The van der Waals surface area contributed by atoms with Gasteiger partial charge in [0.25, 0.3) is 0 Å². The van der Waals surface area contributed by atoms with Crippen LogP contribution in [0.25, 0.3) is 0 Å². The number of Topliss-reactive ketones (excluding diaryl/α,β-unsaturated/α-hetero) is 2. The van der Waals surface area contributed by atoms with E-state index >= 15 is 0 Å².